The van der Waals surface area contributed by atoms with E-state index < -0.39 is 6.03 Å². The number of primary amides is 1. The summed E-state index contributed by atoms with van der Waals surface area (Å²) >= 11 is 2.28. The first kappa shape index (κ1) is 12.1. The minimum atomic E-state index is -0.852. The average Bonchev–Trinajstić information content (AvgIpc) is 2.06. The topological polar surface area (TPSA) is 98.4 Å². The second kappa shape index (κ2) is 6.63. The minimum Gasteiger partial charge on any atom is -0.349 e. The standard InChI is InChI=1S/C6H5I.CH6N4O/c7-6-4-2-1-3-5-6;2-1(6)5(3)4/h1-5H;3-4H2,(H2,2,6). The molecule has 0 radical (unpaired) electrons. The van der Waals surface area contributed by atoms with Crippen molar-refractivity contribution >= 4 is 28.6 Å². The van der Waals surface area contributed by atoms with E-state index in [-0.39, 0.29) is 0 Å². The number of carbonyl (C=O) groups excluding carboxylic acids is 1. The maximum Gasteiger partial charge on any atom is 0.343 e. The maximum atomic E-state index is 9.60. The van der Waals surface area contributed by atoms with Crippen LogP contribution in [0.1, 0.15) is 0 Å². The Kier molecular flexibility index (Phi) is 6.20. The van der Waals surface area contributed by atoms with Gasteiger partial charge in [0.1, 0.15) is 0 Å². The lowest BCUT2D eigenvalue weighted by Gasteiger charge is -2.00. The molecule has 1 aromatic carbocycles. The number of benzene rings is 1. The van der Waals surface area contributed by atoms with Crippen LogP contribution in [0.3, 0.4) is 0 Å². The Bertz CT molecular complexity index is 252. The molecule has 0 aliphatic heterocycles. The Morgan fingerprint density at radius 2 is 1.62 bits per heavy atom. The molecule has 5 nitrogen and oxygen atoms in total. The van der Waals surface area contributed by atoms with Gasteiger partial charge < -0.3 is 5.73 Å². The highest BCUT2D eigenvalue weighted by atomic mass is 127. The average molecular weight is 294 g/mol. The number of nitrogens with two attached hydrogens (primary N) is 3. The van der Waals surface area contributed by atoms with Gasteiger partial charge in [-0.3, -0.25) is 0 Å². The molecule has 6 heteroatoms. The van der Waals surface area contributed by atoms with Crippen molar-refractivity contribution in [1.29, 1.82) is 0 Å². The summed E-state index contributed by atoms with van der Waals surface area (Å²) in [5.41, 5.74) is 4.47. The van der Waals surface area contributed by atoms with Gasteiger partial charge in [-0.2, -0.15) is 5.12 Å². The van der Waals surface area contributed by atoms with E-state index in [4.69, 9.17) is 0 Å². The van der Waals surface area contributed by atoms with Crippen molar-refractivity contribution in [1.82, 2.24) is 5.12 Å². The molecule has 0 aromatic heterocycles. The first-order chi connectivity index (χ1) is 6.04. The second-order valence-corrected chi connectivity index (χ2v) is 3.29. The van der Waals surface area contributed by atoms with Crippen molar-refractivity contribution in [3.63, 3.8) is 0 Å². The largest absolute Gasteiger partial charge is 0.349 e. The third-order valence-corrected chi connectivity index (χ3v) is 1.71. The molecule has 1 rings (SSSR count). The Morgan fingerprint density at radius 3 is 1.77 bits per heavy atom. The first-order valence-electron chi connectivity index (χ1n) is 3.33. The zero-order valence-electron chi connectivity index (χ0n) is 6.85. The van der Waals surface area contributed by atoms with Gasteiger partial charge in [-0.05, 0) is 34.7 Å². The van der Waals surface area contributed by atoms with Crippen molar-refractivity contribution in [2.45, 2.75) is 0 Å². The molecular formula is C7H11IN4O. The summed E-state index contributed by atoms with van der Waals surface area (Å²) in [7, 11) is 0. The smallest absolute Gasteiger partial charge is 0.343 e. The molecule has 0 aliphatic carbocycles. The van der Waals surface area contributed by atoms with Gasteiger partial charge in [0.15, 0.2) is 0 Å². The molecule has 0 atom stereocenters. The zero-order chi connectivity index (χ0) is 10.3. The molecule has 72 valence electrons. The summed E-state index contributed by atoms with van der Waals surface area (Å²) in [5.74, 6) is 9.14. The lowest BCUT2D eigenvalue weighted by atomic mass is 10.4. The molecule has 0 aliphatic rings. The van der Waals surface area contributed by atoms with Gasteiger partial charge in [-0.15, -0.1) is 0 Å². The van der Waals surface area contributed by atoms with Gasteiger partial charge in [0.05, 0.1) is 0 Å². The highest BCUT2D eigenvalue weighted by Crippen LogP contribution is 1.99. The third kappa shape index (κ3) is 7.50. The van der Waals surface area contributed by atoms with Crippen molar-refractivity contribution in [2.24, 2.45) is 17.4 Å². The van der Waals surface area contributed by atoms with Crippen LogP contribution in [-0.4, -0.2) is 11.1 Å². The number of hydrogen-bond acceptors (Lipinski definition) is 3. The van der Waals surface area contributed by atoms with Crippen LogP contribution >= 0.6 is 22.6 Å². The molecule has 13 heavy (non-hydrogen) atoms. The fourth-order valence-corrected chi connectivity index (χ4v) is 0.830. The van der Waals surface area contributed by atoms with Crippen LogP contribution in [0.4, 0.5) is 4.79 Å². The fourth-order valence-electron chi connectivity index (χ4n) is 0.415. The Hall–Kier alpha value is -0.860. The summed E-state index contributed by atoms with van der Waals surface area (Å²) in [4.78, 5) is 9.60. The van der Waals surface area contributed by atoms with Crippen LogP contribution in [-0.2, 0) is 0 Å². The summed E-state index contributed by atoms with van der Waals surface area (Å²) in [6, 6.07) is 9.36. The van der Waals surface area contributed by atoms with Gasteiger partial charge in [0.2, 0.25) is 0 Å². The summed E-state index contributed by atoms with van der Waals surface area (Å²) in [6.07, 6.45) is 0. The normalized spacial score (nSPS) is 8.23. The van der Waals surface area contributed by atoms with Crippen LogP contribution in [0.2, 0.25) is 0 Å². The molecule has 0 unspecified atom stereocenters. The molecule has 1 aromatic rings. The number of hydrazine groups is 2. The van der Waals surface area contributed by atoms with Gasteiger partial charge in [0, 0.05) is 3.57 Å². The quantitative estimate of drug-likeness (QED) is 0.280. The van der Waals surface area contributed by atoms with Crippen LogP contribution in [0.15, 0.2) is 30.3 Å². The van der Waals surface area contributed by atoms with Crippen molar-refractivity contribution < 1.29 is 4.79 Å². The van der Waals surface area contributed by atoms with E-state index in [9.17, 15) is 4.79 Å². The van der Waals surface area contributed by atoms with Gasteiger partial charge in [0.25, 0.3) is 0 Å². The van der Waals surface area contributed by atoms with E-state index in [1.54, 1.807) is 0 Å². The molecule has 0 fully saturated rings. The molecule has 0 bridgehead atoms. The third-order valence-electron chi connectivity index (χ3n) is 0.988. The molecule has 2 amide bonds. The van der Waals surface area contributed by atoms with E-state index in [1.807, 2.05) is 18.2 Å². The van der Waals surface area contributed by atoms with E-state index in [1.165, 1.54) is 3.57 Å². The second-order valence-electron chi connectivity index (χ2n) is 2.04. The lowest BCUT2D eigenvalue weighted by molar-refractivity contribution is 0.210. The maximum absolute atomic E-state index is 9.60. The number of halogens is 1. The minimum absolute atomic E-state index is 0.306. The van der Waals surface area contributed by atoms with Gasteiger partial charge in [-0.25, -0.2) is 16.5 Å². The molecule has 0 saturated carbocycles. The van der Waals surface area contributed by atoms with E-state index in [0.717, 1.165) is 0 Å². The first-order valence-corrected chi connectivity index (χ1v) is 4.41. The number of rotatable bonds is 0. The Labute approximate surface area is 89.9 Å². The predicted octanol–water partition coefficient (Wildman–Crippen LogP) is 0.406. The molecule has 0 saturated heterocycles. The number of hydrogen-bond donors (Lipinski definition) is 3. The number of urea groups is 1. The molecule has 0 spiro atoms. The molecule has 0 heterocycles. The summed E-state index contributed by atoms with van der Waals surface area (Å²) < 4.78 is 1.29. The van der Waals surface area contributed by atoms with Crippen LogP contribution < -0.4 is 17.4 Å². The highest BCUT2D eigenvalue weighted by Gasteiger charge is 1.90. The van der Waals surface area contributed by atoms with Crippen molar-refractivity contribution in [3.8, 4) is 0 Å². The Morgan fingerprint density at radius 1 is 1.23 bits per heavy atom. The van der Waals surface area contributed by atoms with Crippen molar-refractivity contribution in [3.05, 3.63) is 33.9 Å². The molecule has 6 N–H and O–H groups in total. The number of nitrogens with zero attached hydrogens (tertiary/aromatic N) is 1. The van der Waals surface area contributed by atoms with E-state index in [2.05, 4.69) is 52.1 Å². The number of carbonyl (C=O) groups is 1. The van der Waals surface area contributed by atoms with Crippen molar-refractivity contribution in [2.75, 3.05) is 0 Å². The van der Waals surface area contributed by atoms with E-state index >= 15 is 0 Å². The van der Waals surface area contributed by atoms with Crippen LogP contribution in [0.5, 0.6) is 0 Å². The fraction of sp³-hybridized carbons (Fsp3) is 0. The van der Waals surface area contributed by atoms with Crippen LogP contribution in [0.25, 0.3) is 0 Å². The van der Waals surface area contributed by atoms with Crippen LogP contribution in [0, 0.1) is 3.57 Å². The number of amides is 2. The predicted molar refractivity (Wildman–Crippen MR) is 59.0 cm³/mol. The summed E-state index contributed by atoms with van der Waals surface area (Å²) in [5, 5.41) is 0.306. The molecular weight excluding hydrogens is 283 g/mol. The highest BCUT2D eigenvalue weighted by molar-refractivity contribution is 14.1. The SMILES string of the molecule is Ic1ccccc1.NC(=O)N(N)N. The summed E-state index contributed by atoms with van der Waals surface area (Å²) in [6.45, 7) is 0. The monoisotopic (exact) mass is 294 g/mol. The van der Waals surface area contributed by atoms with Gasteiger partial charge >= 0.3 is 6.03 Å². The van der Waals surface area contributed by atoms with Gasteiger partial charge in [-0.1, -0.05) is 18.2 Å². The lowest BCUT2D eigenvalue weighted by Crippen LogP contribution is -2.46. The Balaban J connectivity index is 0.000000226. The van der Waals surface area contributed by atoms with E-state index in [0.29, 0.717) is 5.12 Å². The zero-order valence-corrected chi connectivity index (χ0v) is 9.01.